The number of amides is 2. The van der Waals surface area contributed by atoms with Crippen molar-refractivity contribution in [1.82, 2.24) is 9.88 Å². The van der Waals surface area contributed by atoms with Crippen molar-refractivity contribution in [2.75, 3.05) is 24.5 Å². The summed E-state index contributed by atoms with van der Waals surface area (Å²) in [6, 6.07) is 5.43. The van der Waals surface area contributed by atoms with Crippen LogP contribution in [-0.4, -0.2) is 65.4 Å². The third kappa shape index (κ3) is 4.56. The number of hydrogen-bond donors (Lipinski definition) is 0. The van der Waals surface area contributed by atoms with Gasteiger partial charge in [0.25, 0.3) is 0 Å². The number of hydrogen-bond acceptors (Lipinski definition) is 6. The van der Waals surface area contributed by atoms with E-state index < -0.39 is 30.0 Å². The second kappa shape index (κ2) is 7.29. The van der Waals surface area contributed by atoms with Crippen LogP contribution in [0, 0.1) is 0 Å². The van der Waals surface area contributed by atoms with E-state index in [1.807, 2.05) is 39.8 Å². The minimum Gasteiger partial charge on any atom is -0.444 e. The molecule has 0 bridgehead atoms. The van der Waals surface area contributed by atoms with E-state index in [1.165, 1.54) is 4.90 Å². The summed E-state index contributed by atoms with van der Waals surface area (Å²) in [5.41, 5.74) is -0.923. The Balaban J connectivity index is 1.71. The van der Waals surface area contributed by atoms with Gasteiger partial charge >= 0.3 is 13.2 Å². The number of rotatable bonds is 2. The number of nitrogens with zero attached hydrogens (tertiary/aromatic N) is 3. The first-order chi connectivity index (χ1) is 13.3. The SMILES string of the molecule is CC(C)(C)OC(=O)N1CCN(c2cccc(B3OC(C)(C)C(C)(C)O3)n2)C(=O)C1. The molecule has 0 aromatic carbocycles. The van der Waals surface area contributed by atoms with E-state index in [0.29, 0.717) is 24.5 Å². The molecule has 9 heteroatoms. The van der Waals surface area contributed by atoms with Crippen LogP contribution >= 0.6 is 0 Å². The maximum atomic E-state index is 12.7. The van der Waals surface area contributed by atoms with E-state index in [0.717, 1.165) is 0 Å². The Labute approximate surface area is 172 Å². The molecule has 29 heavy (non-hydrogen) atoms. The number of piperazine rings is 1. The van der Waals surface area contributed by atoms with Gasteiger partial charge in [-0.25, -0.2) is 9.78 Å². The normalized spacial score (nSPS) is 21.5. The van der Waals surface area contributed by atoms with Crippen molar-refractivity contribution < 1.29 is 23.6 Å². The van der Waals surface area contributed by atoms with Crippen molar-refractivity contribution >= 4 is 30.5 Å². The van der Waals surface area contributed by atoms with Crippen LogP contribution in [0.3, 0.4) is 0 Å². The van der Waals surface area contributed by atoms with Gasteiger partial charge in [-0.1, -0.05) is 6.07 Å². The highest BCUT2D eigenvalue weighted by atomic mass is 16.7. The van der Waals surface area contributed by atoms with Crippen LogP contribution in [0.15, 0.2) is 18.2 Å². The van der Waals surface area contributed by atoms with E-state index >= 15 is 0 Å². The lowest BCUT2D eigenvalue weighted by molar-refractivity contribution is -0.121. The molecule has 2 saturated heterocycles. The highest BCUT2D eigenvalue weighted by molar-refractivity contribution is 6.61. The van der Waals surface area contributed by atoms with Crippen LogP contribution in [0.25, 0.3) is 0 Å². The first-order valence-electron chi connectivity index (χ1n) is 9.90. The lowest BCUT2D eigenvalue weighted by Gasteiger charge is -2.34. The third-order valence-corrected chi connectivity index (χ3v) is 5.40. The highest BCUT2D eigenvalue weighted by Crippen LogP contribution is 2.36. The predicted molar refractivity (Wildman–Crippen MR) is 110 cm³/mol. The Bertz CT molecular complexity index is 790. The number of pyridine rings is 1. The fraction of sp³-hybridized carbons (Fsp3) is 0.650. The van der Waals surface area contributed by atoms with E-state index in [9.17, 15) is 9.59 Å². The van der Waals surface area contributed by atoms with Gasteiger partial charge in [0.05, 0.1) is 16.8 Å². The second-order valence-corrected chi connectivity index (χ2v) is 9.46. The van der Waals surface area contributed by atoms with Gasteiger partial charge in [0.2, 0.25) is 5.91 Å². The Morgan fingerprint density at radius 2 is 1.76 bits per heavy atom. The van der Waals surface area contributed by atoms with Crippen molar-refractivity contribution in [3.63, 3.8) is 0 Å². The van der Waals surface area contributed by atoms with Crippen LogP contribution in [0.5, 0.6) is 0 Å². The summed E-state index contributed by atoms with van der Waals surface area (Å²) in [5, 5.41) is 0. The van der Waals surface area contributed by atoms with Crippen molar-refractivity contribution in [2.24, 2.45) is 0 Å². The van der Waals surface area contributed by atoms with E-state index in [4.69, 9.17) is 14.0 Å². The zero-order chi connectivity index (χ0) is 21.6. The Kier molecular flexibility index (Phi) is 5.42. The molecule has 3 heterocycles. The first-order valence-corrected chi connectivity index (χ1v) is 9.90. The molecule has 0 aliphatic carbocycles. The predicted octanol–water partition coefficient (Wildman–Crippen LogP) is 1.96. The van der Waals surface area contributed by atoms with Gasteiger partial charge in [-0.05, 0) is 60.6 Å². The van der Waals surface area contributed by atoms with Gasteiger partial charge in [-0.15, -0.1) is 0 Å². The largest absolute Gasteiger partial charge is 0.514 e. The molecule has 1 aromatic rings. The quantitative estimate of drug-likeness (QED) is 0.703. The molecule has 0 spiro atoms. The number of anilines is 1. The molecule has 2 fully saturated rings. The molecular formula is C20H30BN3O5. The Morgan fingerprint density at radius 1 is 1.14 bits per heavy atom. The van der Waals surface area contributed by atoms with E-state index in [2.05, 4.69) is 4.98 Å². The van der Waals surface area contributed by atoms with E-state index in [-0.39, 0.29) is 12.5 Å². The molecule has 8 nitrogen and oxygen atoms in total. The van der Waals surface area contributed by atoms with Crippen LogP contribution in [0.2, 0.25) is 0 Å². The topological polar surface area (TPSA) is 81.2 Å². The summed E-state index contributed by atoms with van der Waals surface area (Å²) in [7, 11) is -0.599. The lowest BCUT2D eigenvalue weighted by Crippen LogP contribution is -2.54. The summed E-state index contributed by atoms with van der Waals surface area (Å²) in [5.74, 6) is 0.312. The summed E-state index contributed by atoms with van der Waals surface area (Å²) in [6.45, 7) is 14.0. The number of carbonyl (C=O) groups excluding carboxylic acids is 2. The molecular weight excluding hydrogens is 373 g/mol. The maximum absolute atomic E-state index is 12.7. The summed E-state index contributed by atoms with van der Waals surface area (Å²) < 4.78 is 17.5. The number of carbonyl (C=O) groups is 2. The Morgan fingerprint density at radius 3 is 2.31 bits per heavy atom. The van der Waals surface area contributed by atoms with Crippen LogP contribution in [-0.2, 0) is 18.8 Å². The monoisotopic (exact) mass is 403 g/mol. The summed E-state index contributed by atoms with van der Waals surface area (Å²) in [4.78, 5) is 32.5. The zero-order valence-electron chi connectivity index (χ0n) is 18.3. The average Bonchev–Trinajstić information content (AvgIpc) is 2.81. The average molecular weight is 403 g/mol. The second-order valence-electron chi connectivity index (χ2n) is 9.46. The molecule has 0 N–H and O–H groups in total. The number of ether oxygens (including phenoxy) is 1. The molecule has 0 atom stereocenters. The third-order valence-electron chi connectivity index (χ3n) is 5.40. The van der Waals surface area contributed by atoms with Crippen LogP contribution < -0.4 is 10.5 Å². The first kappa shape index (κ1) is 21.6. The lowest BCUT2D eigenvalue weighted by atomic mass is 9.84. The number of aromatic nitrogens is 1. The van der Waals surface area contributed by atoms with Crippen molar-refractivity contribution in [3.8, 4) is 0 Å². The molecule has 0 saturated carbocycles. The van der Waals surface area contributed by atoms with E-state index in [1.54, 1.807) is 31.7 Å². The summed E-state index contributed by atoms with van der Waals surface area (Å²) in [6.07, 6.45) is -0.482. The molecule has 158 valence electrons. The molecule has 1 aromatic heterocycles. The zero-order valence-corrected chi connectivity index (χ0v) is 18.3. The van der Waals surface area contributed by atoms with Crippen LogP contribution in [0.4, 0.5) is 10.6 Å². The Hall–Kier alpha value is -2.13. The van der Waals surface area contributed by atoms with Gasteiger partial charge in [0.15, 0.2) is 0 Å². The fourth-order valence-electron chi connectivity index (χ4n) is 3.08. The van der Waals surface area contributed by atoms with Gasteiger partial charge in [0.1, 0.15) is 18.0 Å². The smallest absolute Gasteiger partial charge is 0.444 e. The standard InChI is InChI=1S/C20H30BN3O5/c1-18(2,3)27-17(26)23-11-12-24(16(25)13-23)15-10-8-9-14(22-15)21-28-19(4,5)20(6,7)29-21/h8-10H,11-13H2,1-7H3. The maximum Gasteiger partial charge on any atom is 0.514 e. The van der Waals surface area contributed by atoms with Gasteiger partial charge in [-0.3, -0.25) is 14.6 Å². The molecule has 2 aliphatic heterocycles. The van der Waals surface area contributed by atoms with Crippen molar-refractivity contribution in [2.45, 2.75) is 65.3 Å². The minimum absolute atomic E-state index is 0.0443. The fourth-order valence-corrected chi connectivity index (χ4v) is 3.08. The van der Waals surface area contributed by atoms with Crippen molar-refractivity contribution in [3.05, 3.63) is 18.2 Å². The highest BCUT2D eigenvalue weighted by Gasteiger charge is 2.52. The molecule has 2 amide bonds. The molecule has 0 radical (unpaired) electrons. The summed E-state index contributed by atoms with van der Waals surface area (Å²) >= 11 is 0. The molecule has 2 aliphatic rings. The van der Waals surface area contributed by atoms with Gasteiger partial charge in [-0.2, -0.15) is 0 Å². The van der Waals surface area contributed by atoms with Gasteiger partial charge < -0.3 is 14.0 Å². The molecule has 0 unspecified atom stereocenters. The van der Waals surface area contributed by atoms with Gasteiger partial charge in [0, 0.05) is 13.1 Å². The van der Waals surface area contributed by atoms with Crippen molar-refractivity contribution in [1.29, 1.82) is 0 Å². The minimum atomic E-state index is -0.601. The molecule has 3 rings (SSSR count). The van der Waals surface area contributed by atoms with Crippen LogP contribution in [0.1, 0.15) is 48.5 Å².